The Balaban J connectivity index is 1.11. The molecule has 0 aliphatic rings. The predicted molar refractivity (Wildman–Crippen MR) is 260 cm³/mol. The van der Waals surface area contributed by atoms with Gasteiger partial charge in [0.1, 0.15) is 0 Å². The lowest BCUT2D eigenvalue weighted by molar-refractivity contribution is 1.01. The summed E-state index contributed by atoms with van der Waals surface area (Å²) in [5, 5.41) is 10.6. The van der Waals surface area contributed by atoms with E-state index >= 15 is 0 Å². The van der Waals surface area contributed by atoms with E-state index in [4.69, 9.17) is 9.97 Å². The Morgan fingerprint density at radius 3 is 1.40 bits per heavy atom. The number of rotatable bonds is 5. The Hall–Kier alpha value is -8.34. The molecular formula is C58H36N4. The number of nitrogens with zero attached hydrogens (tertiary/aromatic N) is 4. The van der Waals surface area contributed by atoms with Gasteiger partial charge in [-0.15, -0.1) is 0 Å². The summed E-state index contributed by atoms with van der Waals surface area (Å²) in [6.07, 6.45) is 0. The van der Waals surface area contributed by atoms with Crippen LogP contribution in [-0.2, 0) is 0 Å². The fraction of sp³-hybridized carbons (Fsp3) is 0. The molecule has 62 heavy (non-hydrogen) atoms. The van der Waals surface area contributed by atoms with Crippen molar-refractivity contribution in [3.05, 3.63) is 218 Å². The number of hydrogen-bond acceptors (Lipinski definition) is 2. The molecule has 4 heteroatoms. The van der Waals surface area contributed by atoms with Crippen molar-refractivity contribution >= 4 is 76.1 Å². The first-order valence-electron chi connectivity index (χ1n) is 21.1. The summed E-state index contributed by atoms with van der Waals surface area (Å²) in [7, 11) is 0. The van der Waals surface area contributed by atoms with Gasteiger partial charge in [0.2, 0.25) is 5.95 Å². The summed E-state index contributed by atoms with van der Waals surface area (Å²) in [6.45, 7) is 0. The molecule has 10 aromatic carbocycles. The third-order valence-corrected chi connectivity index (χ3v) is 12.6. The summed E-state index contributed by atoms with van der Waals surface area (Å²) < 4.78 is 4.71. The van der Waals surface area contributed by atoms with Gasteiger partial charge in [-0.2, -0.15) is 0 Å². The number of benzene rings is 10. The molecule has 3 aromatic heterocycles. The maximum Gasteiger partial charge on any atom is 0.235 e. The van der Waals surface area contributed by atoms with Crippen molar-refractivity contribution in [1.29, 1.82) is 0 Å². The van der Waals surface area contributed by atoms with E-state index in [-0.39, 0.29) is 0 Å². The minimum Gasteiger partial charge on any atom is -0.309 e. The first-order chi connectivity index (χ1) is 30.7. The molecular weight excluding hydrogens is 753 g/mol. The van der Waals surface area contributed by atoms with Gasteiger partial charge in [0.25, 0.3) is 0 Å². The average Bonchev–Trinajstić information content (AvgIpc) is 3.83. The average molecular weight is 789 g/mol. The second-order valence-corrected chi connectivity index (χ2v) is 16.2. The van der Waals surface area contributed by atoms with E-state index in [0.29, 0.717) is 5.95 Å². The van der Waals surface area contributed by atoms with Gasteiger partial charge in [-0.05, 0) is 111 Å². The smallest absolute Gasteiger partial charge is 0.235 e. The molecule has 0 saturated heterocycles. The zero-order valence-corrected chi connectivity index (χ0v) is 33.6. The fourth-order valence-electron chi connectivity index (χ4n) is 9.72. The Kier molecular flexibility index (Phi) is 7.57. The monoisotopic (exact) mass is 788 g/mol. The SMILES string of the molecule is c1ccc(-c2cc(-c3ccccc3)cc(-c3nc(-n4c5cc(-n6c7ccccc7c7cc8ccccc8cc76)ccc5c5cc6ccccc6cc54)nc4ccccc34)c2)cc1. The molecule has 0 radical (unpaired) electrons. The summed E-state index contributed by atoms with van der Waals surface area (Å²) >= 11 is 0. The van der Waals surface area contributed by atoms with Crippen molar-refractivity contribution in [2.45, 2.75) is 0 Å². The number of para-hydroxylation sites is 2. The zero-order chi connectivity index (χ0) is 40.7. The molecule has 13 aromatic rings. The molecule has 0 spiro atoms. The highest BCUT2D eigenvalue weighted by atomic mass is 15.2. The molecule has 0 amide bonds. The third-order valence-electron chi connectivity index (χ3n) is 12.6. The van der Waals surface area contributed by atoms with Gasteiger partial charge in [0, 0.05) is 38.2 Å². The van der Waals surface area contributed by atoms with E-state index in [1.165, 1.54) is 43.4 Å². The van der Waals surface area contributed by atoms with Crippen molar-refractivity contribution in [2.75, 3.05) is 0 Å². The molecule has 0 fully saturated rings. The van der Waals surface area contributed by atoms with Crippen LogP contribution in [0.2, 0.25) is 0 Å². The number of fused-ring (bicyclic) bond motifs is 9. The van der Waals surface area contributed by atoms with E-state index in [1.54, 1.807) is 0 Å². The second kappa shape index (κ2) is 13.6. The minimum absolute atomic E-state index is 0.630. The largest absolute Gasteiger partial charge is 0.309 e. The standard InChI is InChI=1S/C58H36N4/c1-3-15-37(16-4-1)43-29-44(38-17-5-2-6-18-38)31-45(30-43)57-49-24-11-13-25-52(49)59-58(60-57)62-55-35-42-22-10-8-20-40(42)33-51(55)48-28-27-46(36-56(48)62)61-53-26-14-12-23-47(53)50-32-39-19-7-9-21-41(39)34-54(50)61/h1-36H. The van der Waals surface area contributed by atoms with Crippen LogP contribution in [0.4, 0.5) is 0 Å². The van der Waals surface area contributed by atoms with E-state index < -0.39 is 0 Å². The Labute approximate surface area is 357 Å². The lowest BCUT2D eigenvalue weighted by atomic mass is 9.94. The zero-order valence-electron chi connectivity index (χ0n) is 33.6. The summed E-state index contributed by atoms with van der Waals surface area (Å²) in [5.41, 5.74) is 12.9. The van der Waals surface area contributed by atoms with Gasteiger partial charge in [0.05, 0.1) is 33.3 Å². The number of hydrogen-bond donors (Lipinski definition) is 0. The molecule has 0 bridgehead atoms. The molecule has 0 saturated carbocycles. The van der Waals surface area contributed by atoms with Gasteiger partial charge in [-0.25, -0.2) is 9.97 Å². The first kappa shape index (κ1) is 34.5. The van der Waals surface area contributed by atoms with E-state index in [9.17, 15) is 0 Å². The van der Waals surface area contributed by atoms with Gasteiger partial charge < -0.3 is 4.57 Å². The van der Waals surface area contributed by atoms with Crippen molar-refractivity contribution in [2.24, 2.45) is 0 Å². The normalized spacial score (nSPS) is 11.9. The molecule has 13 rings (SSSR count). The summed E-state index contributed by atoms with van der Waals surface area (Å²) in [4.78, 5) is 11.1. The highest BCUT2D eigenvalue weighted by molar-refractivity contribution is 6.16. The van der Waals surface area contributed by atoms with Crippen LogP contribution < -0.4 is 0 Å². The Morgan fingerprint density at radius 1 is 0.274 bits per heavy atom. The second-order valence-electron chi connectivity index (χ2n) is 16.2. The number of aromatic nitrogens is 4. The van der Waals surface area contributed by atoms with Crippen molar-refractivity contribution < 1.29 is 0 Å². The molecule has 0 aliphatic heterocycles. The quantitative estimate of drug-likeness (QED) is 0.174. The molecule has 0 aliphatic carbocycles. The van der Waals surface area contributed by atoms with E-state index in [1.807, 2.05) is 0 Å². The summed E-state index contributed by atoms with van der Waals surface area (Å²) in [5.74, 6) is 0.630. The van der Waals surface area contributed by atoms with Crippen LogP contribution in [-0.4, -0.2) is 19.1 Å². The molecule has 0 N–H and O–H groups in total. The van der Waals surface area contributed by atoms with Crippen molar-refractivity contribution in [3.63, 3.8) is 0 Å². The van der Waals surface area contributed by atoms with Crippen LogP contribution in [0.5, 0.6) is 0 Å². The maximum absolute atomic E-state index is 5.63. The van der Waals surface area contributed by atoms with Crippen LogP contribution in [0.15, 0.2) is 218 Å². The highest BCUT2D eigenvalue weighted by Crippen LogP contribution is 2.41. The Bertz CT molecular complexity index is 3860. The lowest BCUT2D eigenvalue weighted by Crippen LogP contribution is -2.04. The Morgan fingerprint density at radius 2 is 0.758 bits per heavy atom. The van der Waals surface area contributed by atoms with Crippen molar-refractivity contribution in [1.82, 2.24) is 19.1 Å². The van der Waals surface area contributed by atoms with Gasteiger partial charge in [-0.3, -0.25) is 4.57 Å². The topological polar surface area (TPSA) is 35.6 Å². The fourth-order valence-corrected chi connectivity index (χ4v) is 9.72. The molecule has 3 heterocycles. The molecule has 0 atom stereocenters. The molecule has 0 unspecified atom stereocenters. The predicted octanol–water partition coefficient (Wildman–Crippen LogP) is 15.1. The van der Waals surface area contributed by atoms with E-state index in [0.717, 1.165) is 71.9 Å². The first-order valence-corrected chi connectivity index (χ1v) is 21.1. The molecule has 4 nitrogen and oxygen atoms in total. The van der Waals surface area contributed by atoms with Crippen LogP contribution in [0, 0.1) is 0 Å². The van der Waals surface area contributed by atoms with Crippen molar-refractivity contribution in [3.8, 4) is 45.1 Å². The minimum atomic E-state index is 0.630. The lowest BCUT2D eigenvalue weighted by Gasteiger charge is -2.15. The van der Waals surface area contributed by atoms with Gasteiger partial charge >= 0.3 is 0 Å². The van der Waals surface area contributed by atoms with Crippen LogP contribution in [0.1, 0.15) is 0 Å². The van der Waals surface area contributed by atoms with Crippen LogP contribution >= 0.6 is 0 Å². The van der Waals surface area contributed by atoms with Gasteiger partial charge in [0.15, 0.2) is 0 Å². The summed E-state index contributed by atoms with van der Waals surface area (Å²) in [6, 6.07) is 78.7. The van der Waals surface area contributed by atoms with Crippen LogP contribution in [0.3, 0.4) is 0 Å². The maximum atomic E-state index is 5.63. The van der Waals surface area contributed by atoms with Crippen LogP contribution in [0.25, 0.3) is 121 Å². The van der Waals surface area contributed by atoms with E-state index in [2.05, 4.69) is 228 Å². The molecule has 288 valence electrons. The van der Waals surface area contributed by atoms with Gasteiger partial charge in [-0.1, -0.05) is 152 Å². The highest BCUT2D eigenvalue weighted by Gasteiger charge is 2.21. The third kappa shape index (κ3) is 5.40.